The Hall–Kier alpha value is -15.0. The number of rotatable bonds is 14. The molecule has 0 unspecified atom stereocenters. The van der Waals surface area contributed by atoms with E-state index in [2.05, 4.69) is 515 Å². The Labute approximate surface area is 694 Å². The number of nitrogens with zero attached hydrogens (tertiary/aromatic N) is 4. The maximum Gasteiger partial charge on any atom is 0.0540 e. The second-order valence-electron chi connectivity index (χ2n) is 29.7. The fourth-order valence-corrected chi connectivity index (χ4v) is 15.3. The molecule has 0 radical (unpaired) electrons. The van der Waals surface area contributed by atoms with Crippen LogP contribution in [0.3, 0.4) is 0 Å². The molecule has 20 aromatic carbocycles. The van der Waals surface area contributed by atoms with Gasteiger partial charge >= 0.3 is 0 Å². The van der Waals surface area contributed by atoms with E-state index in [0.29, 0.717) is 0 Å². The van der Waals surface area contributed by atoms with E-state index in [1.54, 1.807) is 0 Å². The minimum absolute atomic E-state index is 1.12. The summed E-state index contributed by atoms with van der Waals surface area (Å²) in [5.41, 5.74) is 22.7. The van der Waals surface area contributed by atoms with Crippen molar-refractivity contribution >= 4 is 144 Å². The summed E-state index contributed by atoms with van der Waals surface area (Å²) < 4.78 is 0. The average molecular weight is 1520 g/mol. The Balaban J connectivity index is 0.000000111. The van der Waals surface area contributed by atoms with Gasteiger partial charge in [-0.2, -0.15) is 0 Å². The summed E-state index contributed by atoms with van der Waals surface area (Å²) >= 11 is 0. The third-order valence-electron chi connectivity index (χ3n) is 21.3. The predicted octanol–water partition coefficient (Wildman–Crippen LogP) is 32.5. The third kappa shape index (κ3) is 18.1. The monoisotopic (exact) mass is 1520 g/mol. The summed E-state index contributed by atoms with van der Waals surface area (Å²) in [5.74, 6) is 0. The number of para-hydroxylation sites is 4. The van der Waals surface area contributed by atoms with Gasteiger partial charge in [0.15, 0.2) is 0 Å². The molecule has 0 fully saturated rings. The van der Waals surface area contributed by atoms with Crippen LogP contribution in [0.25, 0.3) is 64.6 Å². The summed E-state index contributed by atoms with van der Waals surface area (Å²) in [6.45, 7) is 10.6. The summed E-state index contributed by atoms with van der Waals surface area (Å²) in [7, 11) is 0. The summed E-state index contributed by atoms with van der Waals surface area (Å²) in [6, 6.07) is 165. The van der Waals surface area contributed by atoms with Gasteiger partial charge in [-0.15, -0.1) is 0 Å². The van der Waals surface area contributed by atoms with Crippen molar-refractivity contribution in [3.05, 3.63) is 495 Å². The van der Waals surface area contributed by atoms with Crippen molar-refractivity contribution in [1.29, 1.82) is 0 Å². The van der Waals surface area contributed by atoms with Crippen LogP contribution in [-0.4, -0.2) is 0 Å². The normalized spacial score (nSPS) is 10.8. The zero-order valence-corrected chi connectivity index (χ0v) is 67.2. The quantitative estimate of drug-likeness (QED) is 0.109. The molecule has 0 aliphatic carbocycles. The van der Waals surface area contributed by atoms with Crippen LogP contribution in [-0.2, 0) is 0 Å². The second kappa shape index (κ2) is 36.8. The van der Waals surface area contributed by atoms with Gasteiger partial charge in [0.2, 0.25) is 0 Å². The van der Waals surface area contributed by atoms with Crippen molar-refractivity contribution in [3.63, 3.8) is 0 Å². The van der Waals surface area contributed by atoms with Gasteiger partial charge in [0, 0.05) is 84.1 Å². The van der Waals surface area contributed by atoms with Gasteiger partial charge in [0.1, 0.15) is 0 Å². The minimum Gasteiger partial charge on any atom is -0.355 e. The Bertz CT molecular complexity index is 6540. The Morgan fingerprint density at radius 3 is 0.822 bits per heavy atom. The molecule has 5 nitrogen and oxygen atoms in total. The van der Waals surface area contributed by atoms with Gasteiger partial charge in [0.25, 0.3) is 0 Å². The van der Waals surface area contributed by atoms with Crippen molar-refractivity contribution in [3.8, 4) is 0 Å². The van der Waals surface area contributed by atoms with Gasteiger partial charge in [0.05, 0.1) is 17.1 Å². The molecule has 0 aliphatic rings. The van der Waals surface area contributed by atoms with Crippen LogP contribution in [0.2, 0.25) is 0 Å². The lowest BCUT2D eigenvalue weighted by atomic mass is 10.00. The van der Waals surface area contributed by atoms with Gasteiger partial charge in [-0.05, 0) is 223 Å². The van der Waals surface area contributed by atoms with Crippen molar-refractivity contribution in [2.75, 3.05) is 24.9 Å². The molecule has 0 aliphatic heterocycles. The highest BCUT2D eigenvalue weighted by molar-refractivity contribution is 6.13. The molecular formula is C113H93N5. The lowest BCUT2D eigenvalue weighted by Gasteiger charge is -2.28. The van der Waals surface area contributed by atoms with Crippen molar-refractivity contribution < 1.29 is 0 Å². The Morgan fingerprint density at radius 2 is 0.415 bits per heavy atom. The molecule has 0 saturated carbocycles. The first-order chi connectivity index (χ1) is 58.1. The largest absolute Gasteiger partial charge is 0.355 e. The first-order valence-electron chi connectivity index (χ1n) is 40.4. The lowest BCUT2D eigenvalue weighted by Crippen LogP contribution is -2.11. The number of hydrogen-bond donors (Lipinski definition) is 1. The molecule has 0 saturated heterocycles. The molecule has 1 N–H and O–H groups in total. The fourth-order valence-electron chi connectivity index (χ4n) is 15.3. The van der Waals surface area contributed by atoms with Gasteiger partial charge < -0.3 is 24.9 Å². The third-order valence-corrected chi connectivity index (χ3v) is 21.3. The maximum atomic E-state index is 3.57. The second-order valence-corrected chi connectivity index (χ2v) is 29.7. The molecule has 5 heteroatoms. The average Bonchev–Trinajstić information content (AvgIpc) is 0.770. The first-order valence-corrected chi connectivity index (χ1v) is 40.4. The van der Waals surface area contributed by atoms with Crippen LogP contribution >= 0.6 is 0 Å². The molecule has 0 aromatic heterocycles. The highest BCUT2D eigenvalue weighted by Gasteiger charge is 2.20. The zero-order chi connectivity index (χ0) is 80.4. The smallest absolute Gasteiger partial charge is 0.0540 e. The van der Waals surface area contributed by atoms with E-state index in [-0.39, 0.29) is 0 Å². The topological polar surface area (TPSA) is 25.0 Å². The van der Waals surface area contributed by atoms with E-state index in [9.17, 15) is 0 Å². The Morgan fingerprint density at radius 1 is 0.153 bits per heavy atom. The van der Waals surface area contributed by atoms with Gasteiger partial charge in [-0.1, -0.05) is 349 Å². The zero-order valence-electron chi connectivity index (χ0n) is 67.2. The summed E-state index contributed by atoms with van der Waals surface area (Å²) in [5, 5.41) is 18.7. The van der Waals surface area contributed by atoms with Crippen molar-refractivity contribution in [1.82, 2.24) is 0 Å². The standard InChI is InChI=1S/C27H21N.2C23H19N.C21H17N.C19H17N/c1-20-16-18-23(19-17-20)28(26-14-6-10-21-8-2-4-12-24(21)26)27-15-7-11-22-9-3-5-13-25(22)27;1-18-14-16-21(17-15-18)24(20-10-3-2-4-11-20)23-13-7-9-19-8-5-6-12-22(19)23;1-18-11-14-22(15-12-18)24(21-9-3-2-4-10-21)23-16-13-19-7-5-6-8-20(19)17-23;1-15-10-12-17(13-11-15)22-21-14-16-6-2-3-7-18(16)19-8-4-5-9-20(19)21;1-16-12-14-19(15-13-16)20(17-8-4-2-5-9-17)18-10-6-3-7-11-18/h2-19H,1H3;2*2-17H,1H3;2-14,22H,1H3;2-15H,1H3. The van der Waals surface area contributed by atoms with E-state index in [4.69, 9.17) is 0 Å². The SMILES string of the molecule is Cc1ccc(N(c2cccc3ccccc23)c2cccc3ccccc23)cc1.Cc1ccc(N(c2ccccc2)c2ccc3ccccc3c2)cc1.Cc1ccc(N(c2ccccc2)c2cccc3ccccc23)cc1.Cc1ccc(N(c2ccccc2)c2ccccc2)cc1.Cc1ccc(Nc2cc3ccccc3c3ccccc23)cc1. The van der Waals surface area contributed by atoms with E-state index in [1.807, 2.05) is 12.1 Å². The van der Waals surface area contributed by atoms with Crippen LogP contribution in [0, 0.1) is 34.6 Å². The van der Waals surface area contributed by atoms with Gasteiger partial charge in [-0.3, -0.25) is 0 Å². The minimum atomic E-state index is 1.12. The van der Waals surface area contributed by atoms with Gasteiger partial charge in [-0.25, -0.2) is 0 Å². The van der Waals surface area contributed by atoms with Crippen molar-refractivity contribution in [2.45, 2.75) is 34.6 Å². The molecular weight excluding hydrogens is 1430 g/mol. The molecule has 0 heterocycles. The fraction of sp³-hybridized carbons (Fsp3) is 0.0442. The number of hydrogen-bond acceptors (Lipinski definition) is 5. The van der Waals surface area contributed by atoms with Crippen LogP contribution in [0.4, 0.5) is 79.6 Å². The number of aryl methyl sites for hydroxylation is 5. The molecule has 118 heavy (non-hydrogen) atoms. The van der Waals surface area contributed by atoms with Crippen LogP contribution in [0.15, 0.2) is 467 Å². The van der Waals surface area contributed by atoms with E-state index < -0.39 is 0 Å². The summed E-state index contributed by atoms with van der Waals surface area (Å²) in [6.07, 6.45) is 0. The lowest BCUT2D eigenvalue weighted by molar-refractivity contribution is 1.27. The molecule has 20 aromatic rings. The maximum absolute atomic E-state index is 3.57. The Kier molecular flexibility index (Phi) is 24.0. The van der Waals surface area contributed by atoms with Crippen LogP contribution in [0.1, 0.15) is 27.8 Å². The number of anilines is 14. The molecule has 20 rings (SSSR count). The number of fused-ring (bicyclic) bond motifs is 7. The predicted molar refractivity (Wildman–Crippen MR) is 509 cm³/mol. The van der Waals surface area contributed by atoms with Crippen LogP contribution in [0.5, 0.6) is 0 Å². The molecule has 0 atom stereocenters. The van der Waals surface area contributed by atoms with E-state index >= 15 is 0 Å². The summed E-state index contributed by atoms with van der Waals surface area (Å²) in [4.78, 5) is 9.26. The molecule has 0 bridgehead atoms. The van der Waals surface area contributed by atoms with E-state index in [1.165, 1.54) is 149 Å². The van der Waals surface area contributed by atoms with E-state index in [0.717, 1.165) is 22.7 Å². The number of benzene rings is 20. The van der Waals surface area contributed by atoms with Crippen molar-refractivity contribution in [2.24, 2.45) is 0 Å². The van der Waals surface area contributed by atoms with Crippen LogP contribution < -0.4 is 24.9 Å². The first kappa shape index (κ1) is 76.9. The highest BCUT2D eigenvalue weighted by Crippen LogP contribution is 2.44. The highest BCUT2D eigenvalue weighted by atomic mass is 15.2. The molecule has 0 amide bonds. The molecule has 0 spiro atoms. The molecule has 570 valence electrons. The number of nitrogens with one attached hydrogen (secondary N) is 1.